The number of nitrogens with zero attached hydrogens (tertiary/aromatic N) is 3. The van der Waals surface area contributed by atoms with E-state index >= 15 is 0 Å². The smallest absolute Gasteiger partial charge is 0.261 e. The number of halogens is 2. The number of amides is 1. The SMILES string of the molecule is Cc1cc(Cl)ccc1OCC(=O)N(Cc1nnc(-c2ccccc2Cl)o1)C1CC1. The predicted molar refractivity (Wildman–Crippen MR) is 110 cm³/mol. The highest BCUT2D eigenvalue weighted by atomic mass is 35.5. The first-order valence-electron chi connectivity index (χ1n) is 9.27. The molecule has 8 heteroatoms. The van der Waals surface area contributed by atoms with Crippen LogP contribution in [0.3, 0.4) is 0 Å². The van der Waals surface area contributed by atoms with Crippen molar-refractivity contribution >= 4 is 29.1 Å². The maximum absolute atomic E-state index is 12.8. The highest BCUT2D eigenvalue weighted by Gasteiger charge is 2.34. The maximum atomic E-state index is 12.8. The molecule has 0 N–H and O–H groups in total. The number of carbonyl (C=O) groups is 1. The van der Waals surface area contributed by atoms with Gasteiger partial charge in [-0.1, -0.05) is 35.3 Å². The Morgan fingerprint density at radius 2 is 2.00 bits per heavy atom. The van der Waals surface area contributed by atoms with Crippen molar-refractivity contribution in [1.29, 1.82) is 0 Å². The van der Waals surface area contributed by atoms with Crippen molar-refractivity contribution in [2.75, 3.05) is 6.61 Å². The van der Waals surface area contributed by atoms with E-state index in [9.17, 15) is 4.79 Å². The first kappa shape index (κ1) is 19.7. The lowest BCUT2D eigenvalue weighted by Crippen LogP contribution is -2.36. The summed E-state index contributed by atoms with van der Waals surface area (Å²) >= 11 is 12.2. The molecule has 0 saturated heterocycles. The van der Waals surface area contributed by atoms with Crippen molar-refractivity contribution in [3.05, 3.63) is 64.0 Å². The summed E-state index contributed by atoms with van der Waals surface area (Å²) in [6.45, 7) is 2.06. The summed E-state index contributed by atoms with van der Waals surface area (Å²) in [6, 6.07) is 12.7. The van der Waals surface area contributed by atoms with Crippen molar-refractivity contribution in [3.8, 4) is 17.2 Å². The van der Waals surface area contributed by atoms with Crippen molar-refractivity contribution in [2.24, 2.45) is 0 Å². The third-order valence-electron chi connectivity index (χ3n) is 4.67. The molecule has 1 aliphatic carbocycles. The highest BCUT2D eigenvalue weighted by Crippen LogP contribution is 2.30. The normalized spacial score (nSPS) is 13.3. The molecule has 6 nitrogen and oxygen atoms in total. The van der Waals surface area contributed by atoms with Gasteiger partial charge >= 0.3 is 0 Å². The molecule has 150 valence electrons. The van der Waals surface area contributed by atoms with E-state index in [1.165, 1.54) is 0 Å². The van der Waals surface area contributed by atoms with Crippen LogP contribution in [0.25, 0.3) is 11.5 Å². The summed E-state index contributed by atoms with van der Waals surface area (Å²) in [7, 11) is 0. The quantitative estimate of drug-likeness (QED) is 0.530. The molecule has 1 aromatic heterocycles. The van der Waals surface area contributed by atoms with Gasteiger partial charge in [-0.15, -0.1) is 10.2 Å². The third kappa shape index (κ3) is 4.71. The average molecular weight is 432 g/mol. The van der Waals surface area contributed by atoms with E-state index < -0.39 is 0 Å². The van der Waals surface area contributed by atoms with Crippen LogP contribution in [0.5, 0.6) is 5.75 Å². The maximum Gasteiger partial charge on any atom is 0.261 e. The van der Waals surface area contributed by atoms with E-state index in [1.54, 1.807) is 29.2 Å². The van der Waals surface area contributed by atoms with Crippen LogP contribution in [0.4, 0.5) is 0 Å². The van der Waals surface area contributed by atoms with Gasteiger partial charge in [-0.25, -0.2) is 0 Å². The van der Waals surface area contributed by atoms with Crippen LogP contribution in [0, 0.1) is 6.92 Å². The molecule has 1 aliphatic rings. The van der Waals surface area contributed by atoms with Gasteiger partial charge in [0.15, 0.2) is 6.61 Å². The summed E-state index contributed by atoms with van der Waals surface area (Å²) in [5, 5.41) is 9.32. The minimum absolute atomic E-state index is 0.0650. The van der Waals surface area contributed by atoms with Gasteiger partial charge in [0, 0.05) is 11.1 Å². The number of rotatable bonds is 7. The molecule has 0 unspecified atom stereocenters. The molecule has 1 amide bonds. The molecule has 29 heavy (non-hydrogen) atoms. The average Bonchev–Trinajstić information content (AvgIpc) is 3.43. The molecule has 1 heterocycles. The Kier molecular flexibility index (Phi) is 5.74. The van der Waals surface area contributed by atoms with E-state index in [0.717, 1.165) is 18.4 Å². The molecule has 1 fully saturated rings. The Labute approximate surface area is 178 Å². The van der Waals surface area contributed by atoms with Crippen molar-refractivity contribution in [2.45, 2.75) is 32.4 Å². The minimum Gasteiger partial charge on any atom is -0.483 e. The second-order valence-electron chi connectivity index (χ2n) is 6.93. The molecule has 0 radical (unpaired) electrons. The molecule has 4 rings (SSSR count). The van der Waals surface area contributed by atoms with Gasteiger partial charge in [-0.2, -0.15) is 0 Å². The zero-order valence-electron chi connectivity index (χ0n) is 15.8. The standard InChI is InChI=1S/C21H19Cl2N3O3/c1-13-10-14(22)6-9-18(13)28-12-20(27)26(15-7-8-15)11-19-24-25-21(29-19)16-4-2-3-5-17(16)23/h2-6,9-10,15H,7-8,11-12H2,1H3. The van der Waals surface area contributed by atoms with Crippen LogP contribution < -0.4 is 4.74 Å². The topological polar surface area (TPSA) is 68.5 Å². The van der Waals surface area contributed by atoms with Gasteiger partial charge in [-0.3, -0.25) is 4.79 Å². The number of hydrogen-bond acceptors (Lipinski definition) is 5. The Hall–Kier alpha value is -2.57. The minimum atomic E-state index is -0.126. The number of aryl methyl sites for hydroxylation is 1. The van der Waals surface area contributed by atoms with Crippen LogP contribution in [0.1, 0.15) is 24.3 Å². The first-order valence-corrected chi connectivity index (χ1v) is 10.0. The fourth-order valence-electron chi connectivity index (χ4n) is 3.01. The van der Waals surface area contributed by atoms with Crippen LogP contribution in [0.2, 0.25) is 10.0 Å². The highest BCUT2D eigenvalue weighted by molar-refractivity contribution is 6.33. The van der Waals surface area contributed by atoms with Crippen molar-refractivity contribution in [1.82, 2.24) is 15.1 Å². The molecular formula is C21H19Cl2N3O3. The van der Waals surface area contributed by atoms with Gasteiger partial charge in [0.05, 0.1) is 17.1 Å². The first-order chi connectivity index (χ1) is 14.0. The van der Waals surface area contributed by atoms with Gasteiger partial charge in [-0.05, 0) is 55.7 Å². The lowest BCUT2D eigenvalue weighted by molar-refractivity contribution is -0.134. The zero-order valence-corrected chi connectivity index (χ0v) is 17.3. The van der Waals surface area contributed by atoms with Crippen LogP contribution in [0.15, 0.2) is 46.9 Å². The molecular weight excluding hydrogens is 413 g/mol. The van der Waals surface area contributed by atoms with Gasteiger partial charge in [0.25, 0.3) is 5.91 Å². The van der Waals surface area contributed by atoms with Gasteiger partial charge in [0.2, 0.25) is 11.8 Å². The zero-order chi connectivity index (χ0) is 20.4. The summed E-state index contributed by atoms with van der Waals surface area (Å²) in [4.78, 5) is 14.5. The van der Waals surface area contributed by atoms with Crippen molar-refractivity contribution in [3.63, 3.8) is 0 Å². The summed E-state index contributed by atoms with van der Waals surface area (Å²) in [5.41, 5.74) is 1.54. The molecule has 2 aromatic carbocycles. The molecule has 0 spiro atoms. The van der Waals surface area contributed by atoms with Gasteiger partial charge < -0.3 is 14.1 Å². The monoisotopic (exact) mass is 431 g/mol. The molecule has 0 aliphatic heterocycles. The number of carbonyl (C=O) groups excluding carboxylic acids is 1. The van der Waals surface area contributed by atoms with E-state index in [-0.39, 0.29) is 25.1 Å². The van der Waals surface area contributed by atoms with Crippen LogP contribution in [-0.2, 0) is 11.3 Å². The van der Waals surface area contributed by atoms with Crippen molar-refractivity contribution < 1.29 is 13.9 Å². The lowest BCUT2D eigenvalue weighted by atomic mass is 10.2. The fraction of sp³-hybridized carbons (Fsp3) is 0.286. The molecule has 1 saturated carbocycles. The van der Waals surface area contributed by atoms with E-state index in [1.807, 2.05) is 25.1 Å². The van der Waals surface area contributed by atoms with Gasteiger partial charge in [0.1, 0.15) is 5.75 Å². The number of benzene rings is 2. The Morgan fingerprint density at radius 1 is 1.21 bits per heavy atom. The Morgan fingerprint density at radius 3 is 2.72 bits per heavy atom. The van der Waals surface area contributed by atoms with Crippen LogP contribution >= 0.6 is 23.2 Å². The van der Waals surface area contributed by atoms with E-state index in [4.69, 9.17) is 32.4 Å². The number of ether oxygens (including phenoxy) is 1. The second kappa shape index (κ2) is 8.43. The Balaban J connectivity index is 1.43. The summed E-state index contributed by atoms with van der Waals surface area (Å²) in [6.07, 6.45) is 1.91. The molecule has 0 bridgehead atoms. The lowest BCUT2D eigenvalue weighted by Gasteiger charge is -2.21. The third-order valence-corrected chi connectivity index (χ3v) is 5.24. The number of aromatic nitrogens is 2. The predicted octanol–water partition coefficient (Wildman–Crippen LogP) is 4.92. The summed E-state index contributed by atoms with van der Waals surface area (Å²) < 4.78 is 11.5. The Bertz CT molecular complexity index is 1030. The largest absolute Gasteiger partial charge is 0.483 e. The van der Waals surface area contributed by atoms with Crippen LogP contribution in [-0.4, -0.2) is 33.7 Å². The fourth-order valence-corrected chi connectivity index (χ4v) is 3.45. The number of hydrogen-bond donors (Lipinski definition) is 0. The molecule has 0 atom stereocenters. The van der Waals surface area contributed by atoms with E-state index in [0.29, 0.717) is 33.1 Å². The van der Waals surface area contributed by atoms with E-state index in [2.05, 4.69) is 10.2 Å². The molecule has 3 aromatic rings. The second-order valence-corrected chi connectivity index (χ2v) is 7.78. The summed E-state index contributed by atoms with van der Waals surface area (Å²) in [5.74, 6) is 1.21.